The van der Waals surface area contributed by atoms with Gasteiger partial charge in [-0.3, -0.25) is 4.79 Å². The second-order valence-electron chi connectivity index (χ2n) is 6.06. The molecule has 0 heterocycles. The third-order valence-electron chi connectivity index (χ3n) is 4.07. The second-order valence-corrected chi connectivity index (χ2v) is 6.06. The van der Waals surface area contributed by atoms with E-state index in [1.54, 1.807) is 0 Å². The highest BCUT2D eigenvalue weighted by molar-refractivity contribution is 5.76. The lowest BCUT2D eigenvalue weighted by atomic mass is 10.0. The number of hydrogen-bond donors (Lipinski definition) is 1. The van der Waals surface area contributed by atoms with Gasteiger partial charge in [-0.25, -0.2) is 0 Å². The SMILES string of the molecule is Cc1cc(C)cc(C(C)NC(=O)CC2CCCC2)c1. The predicted molar refractivity (Wildman–Crippen MR) is 79.0 cm³/mol. The summed E-state index contributed by atoms with van der Waals surface area (Å²) in [5, 5.41) is 3.14. The van der Waals surface area contributed by atoms with E-state index in [0.717, 1.165) is 0 Å². The summed E-state index contributed by atoms with van der Waals surface area (Å²) >= 11 is 0. The average Bonchev–Trinajstić information content (AvgIpc) is 2.80. The zero-order chi connectivity index (χ0) is 13.8. The van der Waals surface area contributed by atoms with Crippen LogP contribution in [0.1, 0.15) is 61.8 Å². The summed E-state index contributed by atoms with van der Waals surface area (Å²) in [6.07, 6.45) is 5.75. The minimum absolute atomic E-state index is 0.104. The Hall–Kier alpha value is -1.31. The first-order chi connectivity index (χ1) is 9.04. The molecule has 1 atom stereocenters. The summed E-state index contributed by atoms with van der Waals surface area (Å²) in [6, 6.07) is 6.59. The molecule has 0 spiro atoms. The Bertz CT molecular complexity index is 426. The molecule has 1 aliphatic carbocycles. The molecule has 1 unspecified atom stereocenters. The maximum absolute atomic E-state index is 12.0. The molecule has 0 saturated heterocycles. The van der Waals surface area contributed by atoms with Crippen LogP contribution >= 0.6 is 0 Å². The van der Waals surface area contributed by atoms with Gasteiger partial charge in [-0.1, -0.05) is 42.2 Å². The molecule has 19 heavy (non-hydrogen) atoms. The molecule has 2 heteroatoms. The van der Waals surface area contributed by atoms with Gasteiger partial charge in [0.15, 0.2) is 0 Å². The molecule has 0 aliphatic heterocycles. The third kappa shape index (κ3) is 4.09. The molecule has 104 valence electrons. The molecule has 1 fully saturated rings. The maximum Gasteiger partial charge on any atom is 0.220 e. The molecule has 1 aliphatic rings. The number of nitrogens with one attached hydrogen (secondary N) is 1. The van der Waals surface area contributed by atoms with Crippen LogP contribution in [0.4, 0.5) is 0 Å². The molecule has 1 aromatic carbocycles. The van der Waals surface area contributed by atoms with E-state index in [2.05, 4.69) is 44.3 Å². The Morgan fingerprint density at radius 3 is 2.37 bits per heavy atom. The van der Waals surface area contributed by atoms with Crippen LogP contribution in [0.3, 0.4) is 0 Å². The smallest absolute Gasteiger partial charge is 0.220 e. The number of hydrogen-bond acceptors (Lipinski definition) is 1. The molecule has 0 bridgehead atoms. The summed E-state index contributed by atoms with van der Waals surface area (Å²) in [4.78, 5) is 12.0. The summed E-state index contributed by atoms with van der Waals surface area (Å²) in [5.41, 5.74) is 3.72. The van der Waals surface area contributed by atoms with Crippen LogP contribution in [0.25, 0.3) is 0 Å². The summed E-state index contributed by atoms with van der Waals surface area (Å²) in [5.74, 6) is 0.824. The van der Waals surface area contributed by atoms with Gasteiger partial charge in [0.1, 0.15) is 0 Å². The van der Waals surface area contributed by atoms with E-state index in [0.29, 0.717) is 12.3 Å². The van der Waals surface area contributed by atoms with E-state index in [-0.39, 0.29) is 11.9 Å². The Labute approximate surface area is 116 Å². The van der Waals surface area contributed by atoms with Gasteiger partial charge in [0.2, 0.25) is 5.91 Å². The quantitative estimate of drug-likeness (QED) is 0.868. The fraction of sp³-hybridized carbons (Fsp3) is 0.588. The van der Waals surface area contributed by atoms with Crippen LogP contribution in [0, 0.1) is 19.8 Å². The van der Waals surface area contributed by atoms with Crippen molar-refractivity contribution in [2.75, 3.05) is 0 Å². The lowest BCUT2D eigenvalue weighted by Crippen LogP contribution is -2.28. The molecule has 0 aromatic heterocycles. The molecule has 2 nitrogen and oxygen atoms in total. The van der Waals surface area contributed by atoms with Crippen LogP contribution < -0.4 is 5.32 Å². The van der Waals surface area contributed by atoms with Crippen molar-refractivity contribution in [3.63, 3.8) is 0 Å². The highest BCUT2D eigenvalue weighted by Crippen LogP contribution is 2.27. The van der Waals surface area contributed by atoms with Crippen molar-refractivity contribution in [2.45, 2.75) is 58.9 Å². The summed E-state index contributed by atoms with van der Waals surface area (Å²) in [7, 11) is 0. The largest absolute Gasteiger partial charge is 0.350 e. The summed E-state index contributed by atoms with van der Waals surface area (Å²) in [6.45, 7) is 6.27. The number of benzene rings is 1. The van der Waals surface area contributed by atoms with Gasteiger partial charge >= 0.3 is 0 Å². The van der Waals surface area contributed by atoms with Crippen molar-refractivity contribution in [1.82, 2.24) is 5.32 Å². The molecule has 0 radical (unpaired) electrons. The van der Waals surface area contributed by atoms with Gasteiger partial charge in [0.25, 0.3) is 0 Å². The minimum Gasteiger partial charge on any atom is -0.350 e. The van der Waals surface area contributed by atoms with E-state index >= 15 is 0 Å². The first-order valence-electron chi connectivity index (χ1n) is 7.42. The van der Waals surface area contributed by atoms with E-state index in [1.807, 2.05) is 0 Å². The highest BCUT2D eigenvalue weighted by atomic mass is 16.1. The van der Waals surface area contributed by atoms with Gasteiger partial charge in [0, 0.05) is 6.42 Å². The molecule has 1 N–H and O–H groups in total. The molecule has 1 saturated carbocycles. The van der Waals surface area contributed by atoms with Gasteiger partial charge in [0.05, 0.1) is 6.04 Å². The van der Waals surface area contributed by atoms with Crippen molar-refractivity contribution in [1.29, 1.82) is 0 Å². The zero-order valence-corrected chi connectivity index (χ0v) is 12.3. The predicted octanol–water partition coefficient (Wildman–Crippen LogP) is 4.06. The van der Waals surface area contributed by atoms with E-state index in [4.69, 9.17) is 0 Å². The maximum atomic E-state index is 12.0. The zero-order valence-electron chi connectivity index (χ0n) is 12.3. The van der Waals surface area contributed by atoms with E-state index in [9.17, 15) is 4.79 Å². The van der Waals surface area contributed by atoms with E-state index in [1.165, 1.54) is 42.4 Å². The Morgan fingerprint density at radius 1 is 1.21 bits per heavy atom. The molecular formula is C17H25NO. The number of carbonyl (C=O) groups is 1. The van der Waals surface area contributed by atoms with Crippen LogP contribution in [-0.2, 0) is 4.79 Å². The van der Waals surface area contributed by atoms with Crippen molar-refractivity contribution < 1.29 is 4.79 Å². The Kier molecular flexibility index (Phi) is 4.62. The molecule has 1 amide bonds. The topological polar surface area (TPSA) is 29.1 Å². The molecule has 2 rings (SSSR count). The van der Waals surface area contributed by atoms with Gasteiger partial charge in [-0.05, 0) is 45.1 Å². The normalized spacial score (nSPS) is 17.4. The monoisotopic (exact) mass is 259 g/mol. The van der Waals surface area contributed by atoms with Crippen molar-refractivity contribution in [2.24, 2.45) is 5.92 Å². The average molecular weight is 259 g/mol. The Morgan fingerprint density at radius 2 is 1.79 bits per heavy atom. The first-order valence-corrected chi connectivity index (χ1v) is 7.42. The van der Waals surface area contributed by atoms with Gasteiger partial charge < -0.3 is 5.32 Å². The first kappa shape index (κ1) is 14.1. The van der Waals surface area contributed by atoms with Gasteiger partial charge in [-0.15, -0.1) is 0 Å². The fourth-order valence-electron chi connectivity index (χ4n) is 3.12. The van der Waals surface area contributed by atoms with E-state index < -0.39 is 0 Å². The van der Waals surface area contributed by atoms with Crippen LogP contribution in [0.15, 0.2) is 18.2 Å². The number of rotatable bonds is 4. The minimum atomic E-state index is 0.104. The third-order valence-corrected chi connectivity index (χ3v) is 4.07. The Balaban J connectivity index is 1.92. The lowest BCUT2D eigenvalue weighted by Gasteiger charge is -2.17. The van der Waals surface area contributed by atoms with Crippen LogP contribution in [-0.4, -0.2) is 5.91 Å². The van der Waals surface area contributed by atoms with Crippen LogP contribution in [0.2, 0.25) is 0 Å². The lowest BCUT2D eigenvalue weighted by molar-refractivity contribution is -0.122. The van der Waals surface area contributed by atoms with Gasteiger partial charge in [-0.2, -0.15) is 0 Å². The number of aryl methyl sites for hydroxylation is 2. The highest BCUT2D eigenvalue weighted by Gasteiger charge is 2.19. The summed E-state index contributed by atoms with van der Waals surface area (Å²) < 4.78 is 0. The molecule has 1 aromatic rings. The van der Waals surface area contributed by atoms with Crippen molar-refractivity contribution in [3.8, 4) is 0 Å². The fourth-order valence-corrected chi connectivity index (χ4v) is 3.12. The van der Waals surface area contributed by atoms with Crippen molar-refractivity contribution >= 4 is 5.91 Å². The van der Waals surface area contributed by atoms with Crippen LogP contribution in [0.5, 0.6) is 0 Å². The second kappa shape index (κ2) is 6.23. The standard InChI is InChI=1S/C17H25NO/c1-12-8-13(2)10-16(9-12)14(3)18-17(19)11-15-6-4-5-7-15/h8-10,14-15H,4-7,11H2,1-3H3,(H,18,19). The molecular weight excluding hydrogens is 234 g/mol. The number of amides is 1. The van der Waals surface area contributed by atoms with Crippen molar-refractivity contribution in [3.05, 3.63) is 34.9 Å². The number of carbonyl (C=O) groups excluding carboxylic acids is 1.